The maximum atomic E-state index is 13.2. The van der Waals surface area contributed by atoms with Crippen LogP contribution in [0.15, 0.2) is 0 Å². The van der Waals surface area contributed by atoms with Gasteiger partial charge < -0.3 is 10.2 Å². The molecule has 1 atom stereocenters. The molecule has 0 aromatic rings. The van der Waals surface area contributed by atoms with Gasteiger partial charge in [0, 0.05) is 13.1 Å². The van der Waals surface area contributed by atoms with Crippen molar-refractivity contribution in [1.29, 1.82) is 0 Å². The van der Waals surface area contributed by atoms with Gasteiger partial charge >= 0.3 is 0 Å². The molecule has 88 valence electrons. The van der Waals surface area contributed by atoms with Crippen LogP contribution in [-0.4, -0.2) is 43.8 Å². The van der Waals surface area contributed by atoms with Gasteiger partial charge in [0.15, 0.2) is 0 Å². The fourth-order valence-electron chi connectivity index (χ4n) is 2.73. The van der Waals surface area contributed by atoms with Gasteiger partial charge in [-0.1, -0.05) is 0 Å². The van der Waals surface area contributed by atoms with E-state index in [-0.39, 0.29) is 0 Å². The van der Waals surface area contributed by atoms with E-state index in [1.54, 1.807) is 0 Å². The standard InChI is InChI=1S/C12H23FN2/c13-12-2-1-8-15(9-5-12)10-11-3-6-14-7-4-11/h11-12,14H,1-10H2. The Hall–Kier alpha value is -0.150. The van der Waals surface area contributed by atoms with Crippen molar-refractivity contribution in [3.63, 3.8) is 0 Å². The first-order valence-electron chi connectivity index (χ1n) is 6.42. The molecule has 0 aromatic heterocycles. The van der Waals surface area contributed by atoms with Gasteiger partial charge in [-0.05, 0) is 57.7 Å². The molecule has 2 nitrogen and oxygen atoms in total. The number of likely N-dealkylation sites (tertiary alicyclic amines) is 1. The van der Waals surface area contributed by atoms with Crippen molar-refractivity contribution < 1.29 is 4.39 Å². The SMILES string of the molecule is FC1CCCN(CC2CCNCC2)CC1. The third kappa shape index (κ3) is 3.72. The third-order valence-corrected chi connectivity index (χ3v) is 3.73. The highest BCUT2D eigenvalue weighted by Gasteiger charge is 2.20. The van der Waals surface area contributed by atoms with Crippen molar-refractivity contribution in [2.24, 2.45) is 5.92 Å². The normalized spacial score (nSPS) is 31.4. The van der Waals surface area contributed by atoms with Crippen molar-refractivity contribution >= 4 is 0 Å². The van der Waals surface area contributed by atoms with E-state index in [1.165, 1.54) is 32.5 Å². The first-order chi connectivity index (χ1) is 7.34. The molecule has 0 saturated carbocycles. The van der Waals surface area contributed by atoms with Crippen LogP contribution in [0, 0.1) is 5.92 Å². The quantitative estimate of drug-likeness (QED) is 0.754. The van der Waals surface area contributed by atoms with Crippen LogP contribution in [0.4, 0.5) is 4.39 Å². The molecule has 15 heavy (non-hydrogen) atoms. The van der Waals surface area contributed by atoms with E-state index < -0.39 is 6.17 Å². The molecule has 2 aliphatic rings. The van der Waals surface area contributed by atoms with E-state index in [0.717, 1.165) is 38.3 Å². The first-order valence-corrected chi connectivity index (χ1v) is 6.42. The van der Waals surface area contributed by atoms with Gasteiger partial charge in [-0.3, -0.25) is 0 Å². The number of rotatable bonds is 2. The van der Waals surface area contributed by atoms with Crippen molar-refractivity contribution in [2.75, 3.05) is 32.7 Å². The predicted molar refractivity (Wildman–Crippen MR) is 60.8 cm³/mol. The molecular weight excluding hydrogens is 191 g/mol. The summed E-state index contributed by atoms with van der Waals surface area (Å²) in [7, 11) is 0. The van der Waals surface area contributed by atoms with E-state index in [0.29, 0.717) is 0 Å². The lowest BCUT2D eigenvalue weighted by molar-refractivity contribution is 0.205. The van der Waals surface area contributed by atoms with Crippen molar-refractivity contribution in [1.82, 2.24) is 10.2 Å². The van der Waals surface area contributed by atoms with Gasteiger partial charge in [-0.2, -0.15) is 0 Å². The lowest BCUT2D eigenvalue weighted by Gasteiger charge is -2.29. The first kappa shape index (κ1) is 11.3. The van der Waals surface area contributed by atoms with Crippen LogP contribution in [0.5, 0.6) is 0 Å². The number of halogens is 1. The minimum Gasteiger partial charge on any atom is -0.317 e. The maximum Gasteiger partial charge on any atom is 0.101 e. The molecule has 0 radical (unpaired) electrons. The molecular formula is C12H23FN2. The van der Waals surface area contributed by atoms with Gasteiger partial charge in [-0.25, -0.2) is 4.39 Å². The summed E-state index contributed by atoms with van der Waals surface area (Å²) in [4.78, 5) is 2.48. The fraction of sp³-hybridized carbons (Fsp3) is 1.00. The minimum absolute atomic E-state index is 0.539. The van der Waals surface area contributed by atoms with E-state index in [1.807, 2.05) is 0 Å². The number of nitrogens with one attached hydrogen (secondary N) is 1. The minimum atomic E-state index is -0.539. The second kappa shape index (κ2) is 5.80. The number of nitrogens with zero attached hydrogens (tertiary/aromatic N) is 1. The van der Waals surface area contributed by atoms with E-state index in [4.69, 9.17) is 0 Å². The lowest BCUT2D eigenvalue weighted by Crippen LogP contribution is -2.36. The molecule has 3 heteroatoms. The molecule has 2 aliphatic heterocycles. The Kier molecular flexibility index (Phi) is 4.39. The van der Waals surface area contributed by atoms with Gasteiger partial charge in [0.25, 0.3) is 0 Å². The molecule has 0 aliphatic carbocycles. The van der Waals surface area contributed by atoms with Crippen LogP contribution in [0.25, 0.3) is 0 Å². The molecule has 1 N–H and O–H groups in total. The highest BCUT2D eigenvalue weighted by Crippen LogP contribution is 2.18. The molecule has 1 unspecified atom stereocenters. The fourth-order valence-corrected chi connectivity index (χ4v) is 2.73. The summed E-state index contributed by atoms with van der Waals surface area (Å²) in [6.07, 6.45) is 4.65. The zero-order valence-corrected chi connectivity index (χ0v) is 9.55. The molecule has 0 bridgehead atoms. The average molecular weight is 214 g/mol. The monoisotopic (exact) mass is 214 g/mol. The number of piperidine rings is 1. The Morgan fingerprint density at radius 2 is 1.87 bits per heavy atom. The molecule has 0 amide bonds. The molecule has 2 rings (SSSR count). The van der Waals surface area contributed by atoms with Gasteiger partial charge in [-0.15, -0.1) is 0 Å². The molecule has 2 heterocycles. The van der Waals surface area contributed by atoms with E-state index >= 15 is 0 Å². The lowest BCUT2D eigenvalue weighted by atomic mass is 9.97. The van der Waals surface area contributed by atoms with Crippen molar-refractivity contribution in [3.8, 4) is 0 Å². The van der Waals surface area contributed by atoms with Crippen LogP contribution in [0.1, 0.15) is 32.1 Å². The Balaban J connectivity index is 1.72. The average Bonchev–Trinajstić information content (AvgIpc) is 2.46. The molecule has 2 saturated heterocycles. The van der Waals surface area contributed by atoms with Crippen LogP contribution >= 0.6 is 0 Å². The molecule has 0 aromatic carbocycles. The Bertz CT molecular complexity index is 180. The summed E-state index contributed by atoms with van der Waals surface area (Å²) in [5, 5.41) is 3.39. The maximum absolute atomic E-state index is 13.2. The van der Waals surface area contributed by atoms with Crippen molar-refractivity contribution in [2.45, 2.75) is 38.3 Å². The summed E-state index contributed by atoms with van der Waals surface area (Å²) < 4.78 is 13.2. The molecule has 2 fully saturated rings. The van der Waals surface area contributed by atoms with E-state index in [2.05, 4.69) is 10.2 Å². The largest absolute Gasteiger partial charge is 0.317 e. The number of alkyl halides is 1. The smallest absolute Gasteiger partial charge is 0.101 e. The molecule has 0 spiro atoms. The van der Waals surface area contributed by atoms with E-state index in [9.17, 15) is 4.39 Å². The van der Waals surface area contributed by atoms with Crippen LogP contribution in [0.2, 0.25) is 0 Å². The van der Waals surface area contributed by atoms with Gasteiger partial charge in [0.1, 0.15) is 6.17 Å². The summed E-state index contributed by atoms with van der Waals surface area (Å²) >= 11 is 0. The number of hydrogen-bond donors (Lipinski definition) is 1. The topological polar surface area (TPSA) is 15.3 Å². The Morgan fingerprint density at radius 3 is 2.67 bits per heavy atom. The summed E-state index contributed by atoms with van der Waals surface area (Å²) in [6.45, 7) is 5.64. The Morgan fingerprint density at radius 1 is 1.07 bits per heavy atom. The summed E-state index contributed by atoms with van der Waals surface area (Å²) in [5.74, 6) is 0.849. The highest BCUT2D eigenvalue weighted by atomic mass is 19.1. The summed E-state index contributed by atoms with van der Waals surface area (Å²) in [5.41, 5.74) is 0. The zero-order chi connectivity index (χ0) is 10.5. The van der Waals surface area contributed by atoms with Crippen LogP contribution < -0.4 is 5.32 Å². The highest BCUT2D eigenvalue weighted by molar-refractivity contribution is 4.75. The third-order valence-electron chi connectivity index (χ3n) is 3.73. The Labute approximate surface area is 92.2 Å². The van der Waals surface area contributed by atoms with Gasteiger partial charge in [0.2, 0.25) is 0 Å². The predicted octanol–water partition coefficient (Wildman–Crippen LogP) is 1.81. The van der Waals surface area contributed by atoms with Crippen molar-refractivity contribution in [3.05, 3.63) is 0 Å². The second-order valence-electron chi connectivity index (χ2n) is 5.02. The zero-order valence-electron chi connectivity index (χ0n) is 9.55. The van der Waals surface area contributed by atoms with Crippen LogP contribution in [-0.2, 0) is 0 Å². The second-order valence-corrected chi connectivity index (χ2v) is 5.02. The van der Waals surface area contributed by atoms with Gasteiger partial charge in [0.05, 0.1) is 0 Å². The summed E-state index contributed by atoms with van der Waals surface area (Å²) in [6, 6.07) is 0. The van der Waals surface area contributed by atoms with Crippen LogP contribution in [0.3, 0.4) is 0 Å². The number of hydrogen-bond acceptors (Lipinski definition) is 2.